The van der Waals surface area contributed by atoms with E-state index in [4.69, 9.17) is 0 Å². The monoisotopic (exact) mass is 266 g/mol. The van der Waals surface area contributed by atoms with Gasteiger partial charge in [0, 0.05) is 18.4 Å². The third-order valence-corrected chi connectivity index (χ3v) is 4.01. The van der Waals surface area contributed by atoms with Crippen LogP contribution in [0.2, 0.25) is 0 Å². The summed E-state index contributed by atoms with van der Waals surface area (Å²) >= 11 is 0. The molecule has 3 nitrogen and oxygen atoms in total. The second-order valence-electron chi connectivity index (χ2n) is 3.03. The molecule has 0 radical (unpaired) electrons. The van der Waals surface area contributed by atoms with Gasteiger partial charge in [0.1, 0.15) is 5.03 Å². The van der Waals surface area contributed by atoms with Crippen LogP contribution in [0.15, 0.2) is 29.4 Å². The lowest BCUT2D eigenvalue weighted by Gasteiger charge is -2.01. The highest BCUT2D eigenvalue weighted by Crippen LogP contribution is 2.29. The molecule has 0 aliphatic rings. The van der Waals surface area contributed by atoms with Gasteiger partial charge in [0.05, 0.1) is 6.54 Å². The Hall–Kier alpha value is -1.12. The molecule has 17 heavy (non-hydrogen) atoms. The van der Waals surface area contributed by atoms with Crippen LogP contribution in [-0.2, 0) is 4.79 Å². The molecule has 1 heterocycles. The van der Waals surface area contributed by atoms with Gasteiger partial charge >= 0.3 is 0 Å². The van der Waals surface area contributed by atoms with E-state index in [2.05, 4.69) is 22.1 Å². The van der Waals surface area contributed by atoms with Gasteiger partial charge in [-0.2, -0.15) is 0 Å². The summed E-state index contributed by atoms with van der Waals surface area (Å²) in [5.74, 6) is 6.33. The van der Waals surface area contributed by atoms with E-state index in [1.54, 1.807) is 34.7 Å². The topological polar surface area (TPSA) is 42.0 Å². The summed E-state index contributed by atoms with van der Waals surface area (Å²) in [6.45, 7) is 2.19. The maximum atomic E-state index is 11.3. The Morgan fingerprint density at radius 2 is 2.41 bits per heavy atom. The molecular formula is C12H14N2OS2. The molecule has 0 fully saturated rings. The first-order chi connectivity index (χ1) is 8.33. The Labute approximate surface area is 110 Å². The van der Waals surface area contributed by atoms with E-state index in [0.717, 1.165) is 10.8 Å². The lowest BCUT2D eigenvalue weighted by atomic mass is 10.4. The molecule has 0 unspecified atom stereocenters. The van der Waals surface area contributed by atoms with Gasteiger partial charge in [-0.1, -0.05) is 22.8 Å². The molecule has 5 heteroatoms. The largest absolute Gasteiger partial charge is 0.345 e. The first kappa shape index (κ1) is 13.9. The average Bonchev–Trinajstić information content (AvgIpc) is 2.36. The van der Waals surface area contributed by atoms with E-state index in [1.165, 1.54) is 0 Å². The lowest BCUT2D eigenvalue weighted by molar-refractivity contribution is -0.120. The van der Waals surface area contributed by atoms with Crippen LogP contribution in [0.25, 0.3) is 0 Å². The Balaban J connectivity index is 2.07. The van der Waals surface area contributed by atoms with Crippen molar-refractivity contribution in [1.82, 2.24) is 10.3 Å². The van der Waals surface area contributed by atoms with E-state index in [-0.39, 0.29) is 5.91 Å². The average molecular weight is 266 g/mol. The molecule has 0 aromatic carbocycles. The second-order valence-corrected chi connectivity index (χ2v) is 5.46. The van der Waals surface area contributed by atoms with Crippen LogP contribution >= 0.6 is 21.6 Å². The number of hydrogen-bond donors (Lipinski definition) is 1. The quantitative estimate of drug-likeness (QED) is 0.487. The predicted molar refractivity (Wildman–Crippen MR) is 73.6 cm³/mol. The van der Waals surface area contributed by atoms with Gasteiger partial charge in [-0.25, -0.2) is 4.98 Å². The predicted octanol–water partition coefficient (Wildman–Crippen LogP) is 2.35. The fraction of sp³-hybridized carbons (Fsp3) is 0.333. The first-order valence-corrected chi connectivity index (χ1v) is 7.51. The van der Waals surface area contributed by atoms with Crippen molar-refractivity contribution in [3.05, 3.63) is 24.4 Å². The highest BCUT2D eigenvalue weighted by atomic mass is 33.1. The van der Waals surface area contributed by atoms with E-state index in [1.807, 2.05) is 18.2 Å². The van der Waals surface area contributed by atoms with Crippen LogP contribution < -0.4 is 5.32 Å². The summed E-state index contributed by atoms with van der Waals surface area (Å²) in [7, 11) is 3.22. The van der Waals surface area contributed by atoms with Gasteiger partial charge in [0.15, 0.2) is 0 Å². The van der Waals surface area contributed by atoms with Gasteiger partial charge in [-0.3, -0.25) is 4.79 Å². The molecular weight excluding hydrogens is 252 g/mol. The van der Waals surface area contributed by atoms with Crippen LogP contribution in [-0.4, -0.2) is 23.2 Å². The normalized spacial score (nSPS) is 9.24. The molecule has 0 bridgehead atoms. The fourth-order valence-electron chi connectivity index (χ4n) is 0.952. The van der Waals surface area contributed by atoms with Crippen molar-refractivity contribution in [2.45, 2.75) is 18.4 Å². The third-order valence-electron chi connectivity index (χ3n) is 1.75. The minimum Gasteiger partial charge on any atom is -0.345 e. The van der Waals surface area contributed by atoms with Crippen molar-refractivity contribution >= 4 is 27.5 Å². The molecule has 0 saturated carbocycles. The van der Waals surface area contributed by atoms with Gasteiger partial charge in [-0.05, 0) is 29.9 Å². The molecule has 0 saturated heterocycles. The molecule has 1 rings (SSSR count). The number of amides is 1. The highest BCUT2D eigenvalue weighted by molar-refractivity contribution is 8.76. The summed E-state index contributed by atoms with van der Waals surface area (Å²) in [6, 6.07) is 5.79. The van der Waals surface area contributed by atoms with Crippen LogP contribution in [0.3, 0.4) is 0 Å². The minimum absolute atomic E-state index is 0.0434. The summed E-state index contributed by atoms with van der Waals surface area (Å²) in [6.07, 6.45) is 2.27. The van der Waals surface area contributed by atoms with Crippen molar-refractivity contribution in [2.75, 3.05) is 12.3 Å². The first-order valence-electron chi connectivity index (χ1n) is 5.19. The summed E-state index contributed by atoms with van der Waals surface area (Å²) in [5.41, 5.74) is 0. The molecule has 0 atom stereocenters. The standard InChI is InChI=1S/C12H14N2OS2/c1-2-3-8-13-11(15)7-10-16-17-12-6-4-5-9-14-12/h4-6,9H,7-8,10H2,1H3,(H,13,15). The van der Waals surface area contributed by atoms with Crippen LogP contribution in [0.1, 0.15) is 13.3 Å². The minimum atomic E-state index is 0.0434. The molecule has 90 valence electrons. The fourth-order valence-corrected chi connectivity index (χ4v) is 2.82. The van der Waals surface area contributed by atoms with Gasteiger partial charge in [-0.15, -0.1) is 5.92 Å². The number of aromatic nitrogens is 1. The van der Waals surface area contributed by atoms with E-state index < -0.39 is 0 Å². The Bertz CT molecular complexity index is 398. The van der Waals surface area contributed by atoms with Crippen LogP contribution in [0.5, 0.6) is 0 Å². The third kappa shape index (κ3) is 6.93. The van der Waals surface area contributed by atoms with Crippen molar-refractivity contribution in [1.29, 1.82) is 0 Å². The molecule has 1 amide bonds. The Morgan fingerprint density at radius 1 is 1.53 bits per heavy atom. The van der Waals surface area contributed by atoms with Crippen molar-refractivity contribution in [3.8, 4) is 11.8 Å². The SMILES string of the molecule is CC#CCNC(=O)CCSSc1ccccn1. The molecule has 1 aromatic rings. The Kier molecular flexibility index (Phi) is 7.35. The maximum absolute atomic E-state index is 11.3. The van der Waals surface area contributed by atoms with Crippen LogP contribution in [0.4, 0.5) is 0 Å². The molecule has 0 aliphatic heterocycles. The number of rotatable bonds is 6. The van der Waals surface area contributed by atoms with E-state index in [9.17, 15) is 4.79 Å². The van der Waals surface area contributed by atoms with Gasteiger partial charge < -0.3 is 5.32 Å². The number of nitrogens with one attached hydrogen (secondary N) is 1. The van der Waals surface area contributed by atoms with Gasteiger partial charge in [0.25, 0.3) is 0 Å². The van der Waals surface area contributed by atoms with Crippen molar-refractivity contribution in [2.24, 2.45) is 0 Å². The zero-order valence-electron chi connectivity index (χ0n) is 9.60. The lowest BCUT2D eigenvalue weighted by Crippen LogP contribution is -2.23. The van der Waals surface area contributed by atoms with Gasteiger partial charge in [0.2, 0.25) is 5.91 Å². The molecule has 1 N–H and O–H groups in total. The maximum Gasteiger partial charge on any atom is 0.221 e. The number of nitrogens with zero attached hydrogens (tertiary/aromatic N) is 1. The van der Waals surface area contributed by atoms with Crippen molar-refractivity contribution < 1.29 is 4.79 Å². The zero-order valence-corrected chi connectivity index (χ0v) is 11.2. The number of carbonyl (C=O) groups excluding carboxylic acids is 1. The highest BCUT2D eigenvalue weighted by Gasteiger charge is 2.00. The Morgan fingerprint density at radius 3 is 3.12 bits per heavy atom. The molecule has 0 spiro atoms. The summed E-state index contributed by atoms with van der Waals surface area (Å²) in [5, 5.41) is 3.70. The molecule has 1 aromatic heterocycles. The number of pyridine rings is 1. The van der Waals surface area contributed by atoms with Crippen molar-refractivity contribution in [3.63, 3.8) is 0 Å². The zero-order chi connectivity index (χ0) is 12.3. The summed E-state index contributed by atoms with van der Waals surface area (Å²) in [4.78, 5) is 15.5. The van der Waals surface area contributed by atoms with E-state index in [0.29, 0.717) is 13.0 Å². The number of carbonyl (C=O) groups is 1. The second kappa shape index (κ2) is 8.97. The smallest absolute Gasteiger partial charge is 0.221 e. The van der Waals surface area contributed by atoms with E-state index >= 15 is 0 Å². The summed E-state index contributed by atoms with van der Waals surface area (Å²) < 4.78 is 0. The molecule has 0 aliphatic carbocycles. The number of hydrogen-bond acceptors (Lipinski definition) is 4. The van der Waals surface area contributed by atoms with Crippen LogP contribution in [0, 0.1) is 11.8 Å².